The van der Waals surface area contributed by atoms with E-state index in [1.165, 1.54) is 6.42 Å². The molecule has 1 N–H and O–H groups in total. The summed E-state index contributed by atoms with van der Waals surface area (Å²) in [5.74, 6) is 0.586. The molecule has 1 fully saturated rings. The Morgan fingerprint density at radius 3 is 2.69 bits per heavy atom. The van der Waals surface area contributed by atoms with Crippen molar-refractivity contribution in [2.45, 2.75) is 33.6 Å². The Balaban J connectivity index is 0.000000671. The molecule has 0 saturated carbocycles. The molecular weight excluding hydrogens is 166 g/mol. The molecule has 3 nitrogen and oxygen atoms in total. The zero-order chi connectivity index (χ0) is 10.1. The van der Waals surface area contributed by atoms with Gasteiger partial charge in [-0.3, -0.25) is 4.79 Å². The Labute approximate surface area is 80.8 Å². The highest BCUT2D eigenvalue weighted by Crippen LogP contribution is 2.11. The molecule has 0 spiro atoms. The van der Waals surface area contributed by atoms with Crippen molar-refractivity contribution in [2.24, 2.45) is 5.92 Å². The van der Waals surface area contributed by atoms with E-state index in [9.17, 15) is 4.79 Å². The average molecular weight is 187 g/mol. The molecule has 0 radical (unpaired) electrons. The van der Waals surface area contributed by atoms with Crippen LogP contribution >= 0.6 is 0 Å². The van der Waals surface area contributed by atoms with Crippen LogP contribution in [0.1, 0.15) is 33.6 Å². The fourth-order valence-electron chi connectivity index (χ4n) is 1.26. The lowest BCUT2D eigenvalue weighted by Crippen LogP contribution is -2.31. The fourth-order valence-corrected chi connectivity index (χ4v) is 1.26. The number of nitrogens with one attached hydrogen (secondary N) is 1. The summed E-state index contributed by atoms with van der Waals surface area (Å²) in [6.07, 6.45) is 2.31. The summed E-state index contributed by atoms with van der Waals surface area (Å²) in [5, 5.41) is 2.80. The van der Waals surface area contributed by atoms with Gasteiger partial charge in [0, 0.05) is 20.1 Å². The van der Waals surface area contributed by atoms with Crippen LogP contribution in [0.25, 0.3) is 0 Å². The molecule has 78 valence electrons. The molecule has 0 aromatic rings. The first kappa shape index (κ1) is 12.4. The van der Waals surface area contributed by atoms with Crippen LogP contribution in [0.4, 0.5) is 0 Å². The molecule has 1 unspecified atom stereocenters. The van der Waals surface area contributed by atoms with E-state index < -0.39 is 0 Å². The first-order chi connectivity index (χ1) is 6.29. The van der Waals surface area contributed by atoms with Gasteiger partial charge in [-0.25, -0.2) is 0 Å². The van der Waals surface area contributed by atoms with Gasteiger partial charge in [0.25, 0.3) is 0 Å². The molecule has 3 heteroatoms. The van der Waals surface area contributed by atoms with Gasteiger partial charge in [-0.15, -0.1) is 0 Å². The van der Waals surface area contributed by atoms with Crippen molar-refractivity contribution in [1.82, 2.24) is 5.32 Å². The molecule has 0 aromatic heterocycles. The number of carbonyl (C=O) groups is 1. The van der Waals surface area contributed by atoms with Crippen LogP contribution in [0.5, 0.6) is 0 Å². The number of rotatable bonds is 2. The summed E-state index contributed by atoms with van der Waals surface area (Å²) in [4.78, 5) is 10.5. The van der Waals surface area contributed by atoms with E-state index in [0.717, 1.165) is 26.2 Å². The average Bonchev–Trinajstić information content (AvgIpc) is 2.19. The standard InChI is InChI=1S/C8H15NO2.C2H6/c1-7(10)9-5-8-3-2-4-11-6-8;1-2/h8H,2-6H2,1H3,(H,9,10);1-2H3. The lowest BCUT2D eigenvalue weighted by molar-refractivity contribution is -0.119. The number of hydrogen-bond acceptors (Lipinski definition) is 2. The highest BCUT2D eigenvalue weighted by molar-refractivity contribution is 5.72. The Morgan fingerprint density at radius 1 is 1.54 bits per heavy atom. The van der Waals surface area contributed by atoms with Gasteiger partial charge in [0.2, 0.25) is 5.91 Å². The first-order valence-corrected chi connectivity index (χ1v) is 5.11. The van der Waals surface area contributed by atoms with Crippen LogP contribution < -0.4 is 5.32 Å². The predicted molar refractivity (Wildman–Crippen MR) is 53.6 cm³/mol. The number of ether oxygens (including phenoxy) is 1. The second-order valence-electron chi connectivity index (χ2n) is 3.02. The molecule has 13 heavy (non-hydrogen) atoms. The number of amides is 1. The van der Waals surface area contributed by atoms with Crippen LogP contribution in [0.3, 0.4) is 0 Å². The number of carbonyl (C=O) groups excluding carboxylic acids is 1. The molecule has 0 bridgehead atoms. The van der Waals surface area contributed by atoms with Crippen molar-refractivity contribution in [3.63, 3.8) is 0 Å². The summed E-state index contributed by atoms with van der Waals surface area (Å²) < 4.78 is 5.26. The van der Waals surface area contributed by atoms with E-state index in [-0.39, 0.29) is 5.91 Å². The predicted octanol–water partition coefficient (Wildman–Crippen LogP) is 1.58. The monoisotopic (exact) mass is 187 g/mol. The van der Waals surface area contributed by atoms with Crippen molar-refractivity contribution < 1.29 is 9.53 Å². The van der Waals surface area contributed by atoms with Crippen LogP contribution in [-0.4, -0.2) is 25.7 Å². The zero-order valence-electron chi connectivity index (χ0n) is 8.93. The topological polar surface area (TPSA) is 38.3 Å². The van der Waals surface area contributed by atoms with Crippen molar-refractivity contribution in [2.75, 3.05) is 19.8 Å². The largest absolute Gasteiger partial charge is 0.381 e. The lowest BCUT2D eigenvalue weighted by Gasteiger charge is -2.21. The van der Waals surface area contributed by atoms with Crippen LogP contribution in [-0.2, 0) is 9.53 Å². The van der Waals surface area contributed by atoms with Crippen molar-refractivity contribution in [3.8, 4) is 0 Å². The summed E-state index contributed by atoms with van der Waals surface area (Å²) in [6.45, 7) is 8.01. The summed E-state index contributed by atoms with van der Waals surface area (Å²) in [6, 6.07) is 0. The molecular formula is C10H21NO2. The van der Waals surface area contributed by atoms with E-state index >= 15 is 0 Å². The maximum Gasteiger partial charge on any atom is 0.216 e. The molecule has 0 aliphatic carbocycles. The molecule has 1 atom stereocenters. The Morgan fingerprint density at radius 2 is 2.23 bits per heavy atom. The molecule has 1 amide bonds. The molecule has 1 rings (SSSR count). The summed E-state index contributed by atoms with van der Waals surface area (Å²) in [5.41, 5.74) is 0. The van der Waals surface area contributed by atoms with E-state index in [1.54, 1.807) is 6.92 Å². The van der Waals surface area contributed by atoms with Gasteiger partial charge in [-0.05, 0) is 18.8 Å². The number of hydrogen-bond donors (Lipinski definition) is 1. The van der Waals surface area contributed by atoms with E-state index in [0.29, 0.717) is 5.92 Å². The van der Waals surface area contributed by atoms with E-state index in [2.05, 4.69) is 5.32 Å². The SMILES string of the molecule is CC.CC(=O)NCC1CCCOC1. The minimum absolute atomic E-state index is 0.0515. The van der Waals surface area contributed by atoms with Crippen molar-refractivity contribution >= 4 is 5.91 Å². The molecule has 1 aliphatic heterocycles. The first-order valence-electron chi connectivity index (χ1n) is 5.11. The van der Waals surface area contributed by atoms with Crippen LogP contribution in [0.15, 0.2) is 0 Å². The molecule has 0 aromatic carbocycles. The third-order valence-electron chi connectivity index (χ3n) is 1.89. The third-order valence-corrected chi connectivity index (χ3v) is 1.89. The highest BCUT2D eigenvalue weighted by atomic mass is 16.5. The van der Waals surface area contributed by atoms with Gasteiger partial charge < -0.3 is 10.1 Å². The van der Waals surface area contributed by atoms with E-state index in [4.69, 9.17) is 4.74 Å². The second kappa shape index (κ2) is 8.05. The van der Waals surface area contributed by atoms with Gasteiger partial charge in [0.1, 0.15) is 0 Å². The van der Waals surface area contributed by atoms with Gasteiger partial charge in [0.05, 0.1) is 6.61 Å². The lowest BCUT2D eigenvalue weighted by atomic mass is 10.0. The maximum atomic E-state index is 10.5. The Kier molecular flexibility index (Phi) is 7.69. The normalized spacial score (nSPS) is 21.3. The second-order valence-corrected chi connectivity index (χ2v) is 3.02. The van der Waals surface area contributed by atoms with Gasteiger partial charge >= 0.3 is 0 Å². The van der Waals surface area contributed by atoms with Crippen LogP contribution in [0.2, 0.25) is 0 Å². The molecule has 1 aliphatic rings. The maximum absolute atomic E-state index is 10.5. The third kappa shape index (κ3) is 6.58. The Hall–Kier alpha value is -0.570. The van der Waals surface area contributed by atoms with Gasteiger partial charge in [0.15, 0.2) is 0 Å². The smallest absolute Gasteiger partial charge is 0.216 e. The van der Waals surface area contributed by atoms with Crippen molar-refractivity contribution in [3.05, 3.63) is 0 Å². The van der Waals surface area contributed by atoms with E-state index in [1.807, 2.05) is 13.8 Å². The molecule has 1 saturated heterocycles. The zero-order valence-corrected chi connectivity index (χ0v) is 8.93. The quantitative estimate of drug-likeness (QED) is 0.712. The van der Waals surface area contributed by atoms with Gasteiger partial charge in [-0.2, -0.15) is 0 Å². The summed E-state index contributed by atoms with van der Waals surface area (Å²) >= 11 is 0. The minimum atomic E-state index is 0.0515. The van der Waals surface area contributed by atoms with Gasteiger partial charge in [-0.1, -0.05) is 13.8 Å². The fraction of sp³-hybridized carbons (Fsp3) is 0.900. The molecule has 1 heterocycles. The summed E-state index contributed by atoms with van der Waals surface area (Å²) in [7, 11) is 0. The van der Waals surface area contributed by atoms with Crippen molar-refractivity contribution in [1.29, 1.82) is 0 Å². The Bertz CT molecular complexity index is 131. The minimum Gasteiger partial charge on any atom is -0.381 e. The highest BCUT2D eigenvalue weighted by Gasteiger charge is 2.13. The van der Waals surface area contributed by atoms with Crippen LogP contribution in [0, 0.1) is 5.92 Å².